The highest BCUT2D eigenvalue weighted by molar-refractivity contribution is 5.91. The van der Waals surface area contributed by atoms with Gasteiger partial charge in [-0.2, -0.15) is 0 Å². The molecule has 3 amide bonds. The maximum absolute atomic E-state index is 12.3. The molecule has 0 fully saturated rings. The monoisotopic (exact) mass is 425 g/mol. The molecule has 0 aliphatic heterocycles. The second-order valence-electron chi connectivity index (χ2n) is 7.01. The Kier molecular flexibility index (Phi) is 6.86. The minimum atomic E-state index is -1.38. The van der Waals surface area contributed by atoms with Crippen molar-refractivity contribution < 1.29 is 29.0 Å². The zero-order valence-corrected chi connectivity index (χ0v) is 16.9. The molecule has 0 bridgehead atoms. The highest BCUT2D eigenvalue weighted by Crippen LogP contribution is 2.44. The maximum atomic E-state index is 12.3. The largest absolute Gasteiger partial charge is 0.481 e. The van der Waals surface area contributed by atoms with Gasteiger partial charge < -0.3 is 25.8 Å². The van der Waals surface area contributed by atoms with Gasteiger partial charge in [0.25, 0.3) is 0 Å². The predicted molar refractivity (Wildman–Crippen MR) is 111 cm³/mol. The Hall–Kier alpha value is -3.88. The lowest BCUT2D eigenvalue weighted by Gasteiger charge is -2.18. The van der Waals surface area contributed by atoms with E-state index in [1.165, 1.54) is 7.05 Å². The molecule has 1 aliphatic rings. The Morgan fingerprint density at radius 1 is 1.00 bits per heavy atom. The lowest BCUT2D eigenvalue weighted by Crippen LogP contribution is -2.49. The number of alkyl carbamates (subject to hydrolysis) is 1. The van der Waals surface area contributed by atoms with Crippen molar-refractivity contribution in [3.63, 3.8) is 0 Å². The quantitative estimate of drug-likeness (QED) is 0.503. The summed E-state index contributed by atoms with van der Waals surface area (Å²) in [4.78, 5) is 46.9. The first-order valence-electron chi connectivity index (χ1n) is 9.72. The van der Waals surface area contributed by atoms with E-state index in [9.17, 15) is 19.2 Å². The van der Waals surface area contributed by atoms with Crippen molar-refractivity contribution in [1.82, 2.24) is 16.0 Å². The summed E-state index contributed by atoms with van der Waals surface area (Å²) in [6.45, 7) is -0.308. The molecule has 1 aliphatic carbocycles. The number of rotatable bonds is 8. The third kappa shape index (κ3) is 5.19. The van der Waals surface area contributed by atoms with Gasteiger partial charge in [0.1, 0.15) is 12.6 Å². The van der Waals surface area contributed by atoms with Crippen molar-refractivity contribution in [3.8, 4) is 11.1 Å². The molecule has 0 saturated heterocycles. The minimum Gasteiger partial charge on any atom is -0.481 e. The molecular formula is C22H23N3O6. The fraction of sp³-hybridized carbons (Fsp3) is 0.273. The first-order valence-corrected chi connectivity index (χ1v) is 9.72. The van der Waals surface area contributed by atoms with Crippen LogP contribution in [0.15, 0.2) is 48.5 Å². The molecule has 2 aromatic rings. The van der Waals surface area contributed by atoms with Gasteiger partial charge in [0.05, 0.1) is 13.0 Å². The molecule has 31 heavy (non-hydrogen) atoms. The summed E-state index contributed by atoms with van der Waals surface area (Å²) < 4.78 is 5.35. The van der Waals surface area contributed by atoms with Crippen LogP contribution in [0.1, 0.15) is 23.5 Å². The number of carbonyl (C=O) groups excluding carboxylic acids is 3. The number of nitrogens with one attached hydrogen (secondary N) is 3. The smallest absolute Gasteiger partial charge is 0.407 e. The fourth-order valence-corrected chi connectivity index (χ4v) is 3.55. The summed E-state index contributed by atoms with van der Waals surface area (Å²) in [6, 6.07) is 14.3. The molecule has 0 radical (unpaired) electrons. The summed E-state index contributed by atoms with van der Waals surface area (Å²) >= 11 is 0. The van der Waals surface area contributed by atoms with Crippen molar-refractivity contribution in [2.75, 3.05) is 20.2 Å². The Morgan fingerprint density at radius 2 is 1.58 bits per heavy atom. The van der Waals surface area contributed by atoms with Gasteiger partial charge in [-0.15, -0.1) is 0 Å². The number of carboxylic acid groups (broad SMARTS) is 1. The third-order valence-corrected chi connectivity index (χ3v) is 5.03. The molecule has 4 N–H and O–H groups in total. The van der Waals surface area contributed by atoms with Crippen LogP contribution in [0.2, 0.25) is 0 Å². The van der Waals surface area contributed by atoms with Gasteiger partial charge in [-0.1, -0.05) is 48.5 Å². The van der Waals surface area contributed by atoms with Crippen molar-refractivity contribution in [1.29, 1.82) is 0 Å². The lowest BCUT2D eigenvalue weighted by atomic mass is 9.98. The van der Waals surface area contributed by atoms with Crippen LogP contribution in [0.4, 0.5) is 4.79 Å². The Labute approximate surface area is 178 Å². The summed E-state index contributed by atoms with van der Waals surface area (Å²) in [6.07, 6.45) is -1.56. The number of fused-ring (bicyclic) bond motifs is 3. The van der Waals surface area contributed by atoms with Crippen LogP contribution in [0.5, 0.6) is 0 Å². The molecule has 3 rings (SSSR count). The zero-order chi connectivity index (χ0) is 22.4. The van der Waals surface area contributed by atoms with Crippen LogP contribution in [0.25, 0.3) is 11.1 Å². The molecular weight excluding hydrogens is 402 g/mol. The van der Waals surface area contributed by atoms with E-state index in [0.29, 0.717) is 0 Å². The van der Waals surface area contributed by atoms with Gasteiger partial charge in [0.15, 0.2) is 0 Å². The molecule has 0 spiro atoms. The molecule has 1 atom stereocenters. The Bertz CT molecular complexity index is 961. The fourth-order valence-electron chi connectivity index (χ4n) is 3.55. The first-order chi connectivity index (χ1) is 14.9. The van der Waals surface area contributed by atoms with Gasteiger partial charge in [-0.25, -0.2) is 4.79 Å². The van der Waals surface area contributed by atoms with Gasteiger partial charge in [-0.3, -0.25) is 14.4 Å². The lowest BCUT2D eigenvalue weighted by molar-refractivity contribution is -0.139. The van der Waals surface area contributed by atoms with E-state index in [0.717, 1.165) is 22.3 Å². The Balaban J connectivity index is 1.64. The van der Waals surface area contributed by atoms with Gasteiger partial charge in [0, 0.05) is 13.0 Å². The van der Waals surface area contributed by atoms with E-state index >= 15 is 0 Å². The van der Waals surface area contributed by atoms with Crippen LogP contribution in [0.3, 0.4) is 0 Å². The number of carbonyl (C=O) groups is 4. The Morgan fingerprint density at radius 3 is 2.13 bits per heavy atom. The first kappa shape index (κ1) is 21.8. The summed E-state index contributed by atoms with van der Waals surface area (Å²) in [5.41, 5.74) is 4.21. The maximum Gasteiger partial charge on any atom is 0.407 e. The average Bonchev–Trinajstić information content (AvgIpc) is 3.08. The van der Waals surface area contributed by atoms with Gasteiger partial charge in [0.2, 0.25) is 11.8 Å². The van der Waals surface area contributed by atoms with Crippen molar-refractivity contribution in [3.05, 3.63) is 59.7 Å². The summed E-state index contributed by atoms with van der Waals surface area (Å²) in [5.74, 6) is -2.69. The van der Waals surface area contributed by atoms with Crippen LogP contribution >= 0.6 is 0 Å². The molecule has 1 unspecified atom stereocenters. The molecule has 0 aromatic heterocycles. The van der Waals surface area contributed by atoms with E-state index in [4.69, 9.17) is 9.84 Å². The standard InChI is InChI=1S/C22H23N3O6/c1-23-19(26)11-24-21(29)18(10-20(27)28)25-22(30)31-12-17-15-8-4-2-6-13(15)14-7-3-5-9-16(14)17/h2-9,17-18H,10-12H2,1H3,(H,23,26)(H,24,29)(H,25,30)(H,27,28). The van der Waals surface area contributed by atoms with E-state index in [1.807, 2.05) is 48.5 Å². The van der Waals surface area contributed by atoms with Gasteiger partial charge in [-0.05, 0) is 22.3 Å². The van der Waals surface area contributed by atoms with Crippen LogP contribution < -0.4 is 16.0 Å². The van der Waals surface area contributed by atoms with Crippen LogP contribution in [-0.4, -0.2) is 55.2 Å². The molecule has 9 heteroatoms. The molecule has 162 valence electrons. The second-order valence-corrected chi connectivity index (χ2v) is 7.01. The number of ether oxygens (including phenoxy) is 1. The van der Waals surface area contributed by atoms with E-state index < -0.39 is 36.3 Å². The number of benzene rings is 2. The number of hydrogen-bond acceptors (Lipinski definition) is 5. The summed E-state index contributed by atoms with van der Waals surface area (Å²) in [7, 11) is 1.40. The van der Waals surface area contributed by atoms with Crippen molar-refractivity contribution in [2.45, 2.75) is 18.4 Å². The summed E-state index contributed by atoms with van der Waals surface area (Å²) in [5, 5.41) is 15.9. The van der Waals surface area contributed by atoms with Crippen LogP contribution in [0, 0.1) is 0 Å². The average molecular weight is 425 g/mol. The molecule has 2 aromatic carbocycles. The van der Waals surface area contributed by atoms with Crippen molar-refractivity contribution >= 4 is 23.9 Å². The number of likely N-dealkylation sites (N-methyl/N-ethyl adjacent to an activating group) is 1. The number of amides is 3. The minimum absolute atomic E-state index is 0.0273. The SMILES string of the molecule is CNC(=O)CNC(=O)C(CC(=O)O)NC(=O)OCC1c2ccccc2-c2ccccc21. The normalized spacial score (nSPS) is 12.8. The van der Waals surface area contributed by atoms with E-state index in [1.54, 1.807) is 0 Å². The molecule has 0 heterocycles. The second kappa shape index (κ2) is 9.75. The zero-order valence-electron chi connectivity index (χ0n) is 16.9. The number of hydrogen-bond donors (Lipinski definition) is 4. The van der Waals surface area contributed by atoms with Crippen molar-refractivity contribution in [2.24, 2.45) is 0 Å². The van der Waals surface area contributed by atoms with E-state index in [-0.39, 0.29) is 19.1 Å². The molecule has 0 saturated carbocycles. The third-order valence-electron chi connectivity index (χ3n) is 5.03. The number of aliphatic carboxylic acids is 1. The molecule has 9 nitrogen and oxygen atoms in total. The predicted octanol–water partition coefficient (Wildman–Crippen LogP) is 1.23. The topological polar surface area (TPSA) is 134 Å². The van der Waals surface area contributed by atoms with Gasteiger partial charge >= 0.3 is 12.1 Å². The highest BCUT2D eigenvalue weighted by Gasteiger charge is 2.30. The van der Waals surface area contributed by atoms with Crippen LogP contribution in [-0.2, 0) is 19.1 Å². The highest BCUT2D eigenvalue weighted by atomic mass is 16.5. The van der Waals surface area contributed by atoms with E-state index in [2.05, 4.69) is 16.0 Å². The number of carboxylic acids is 1.